The van der Waals surface area contributed by atoms with Gasteiger partial charge < -0.3 is 40.0 Å². The molecule has 0 aliphatic carbocycles. The van der Waals surface area contributed by atoms with Crippen LogP contribution in [0.15, 0.2) is 54.3 Å². The first-order chi connectivity index (χ1) is 22.9. The molecule has 2 rings (SSSR count). The van der Waals surface area contributed by atoms with E-state index in [4.69, 9.17) is 30.9 Å². The smallest absolute Gasteiger partial charge is 0.305 e. The molecule has 1 aliphatic heterocycles. The molecule has 7 unspecified atom stereocenters. The molecule has 2 heterocycles. The number of esters is 1. The van der Waals surface area contributed by atoms with Crippen LogP contribution >= 0.6 is 11.6 Å². The average molecular weight is 709 g/mol. The lowest BCUT2D eigenvalue weighted by atomic mass is 9.87. The summed E-state index contributed by atoms with van der Waals surface area (Å²) in [6.45, 7) is 13.1. The van der Waals surface area contributed by atoms with Gasteiger partial charge in [-0.2, -0.15) is 0 Å². The van der Waals surface area contributed by atoms with Gasteiger partial charge in [0.05, 0.1) is 36.4 Å². The lowest BCUT2D eigenvalue weighted by molar-refractivity contribution is -0.156. The summed E-state index contributed by atoms with van der Waals surface area (Å²) in [4.78, 5) is 26.8. The number of hydrogen-bond donors (Lipinski definition) is 5. The fourth-order valence-corrected chi connectivity index (χ4v) is 6.20. The summed E-state index contributed by atoms with van der Waals surface area (Å²) in [5, 5.41) is 45.5. The summed E-state index contributed by atoms with van der Waals surface area (Å²) < 4.78 is 17.2. The quantitative estimate of drug-likeness (QED) is 0.0355. The predicted molar refractivity (Wildman–Crippen MR) is 189 cm³/mol. The number of epoxide rings is 1. The molecular formula is C37H57ClN2O9. The molecule has 276 valence electrons. The lowest BCUT2D eigenvalue weighted by Crippen LogP contribution is -2.52. The Hall–Kier alpha value is -2.64. The van der Waals surface area contributed by atoms with Crippen molar-refractivity contribution in [2.24, 2.45) is 11.8 Å². The third-order valence-electron chi connectivity index (χ3n) is 9.02. The Morgan fingerprint density at radius 2 is 1.84 bits per heavy atom. The van der Waals surface area contributed by atoms with Crippen molar-refractivity contribution in [2.45, 2.75) is 135 Å². The number of halogens is 1. The number of pyridine rings is 1. The van der Waals surface area contributed by atoms with Gasteiger partial charge in [0.2, 0.25) is 0 Å². The molecular weight excluding hydrogens is 652 g/mol. The normalized spacial score (nSPS) is 22.9. The highest BCUT2D eigenvalue weighted by atomic mass is 35.5. The Morgan fingerprint density at radius 3 is 2.41 bits per heavy atom. The summed E-state index contributed by atoms with van der Waals surface area (Å²) in [6.07, 6.45) is 9.52. The number of aliphatic carboxylic acids is 1. The number of methoxy groups -OCH3 is 1. The topological polar surface area (TPSA) is 171 Å². The Morgan fingerprint density at radius 1 is 1.14 bits per heavy atom. The van der Waals surface area contributed by atoms with Crippen LogP contribution < -0.4 is 5.32 Å². The fraction of sp³-hybridized carbons (Fsp3) is 0.649. The third kappa shape index (κ3) is 14.6. The molecule has 0 saturated carbocycles. The van der Waals surface area contributed by atoms with Crippen molar-refractivity contribution in [1.29, 1.82) is 0 Å². The van der Waals surface area contributed by atoms with Crippen molar-refractivity contribution in [1.82, 2.24) is 10.3 Å². The molecule has 12 heteroatoms. The van der Waals surface area contributed by atoms with Crippen LogP contribution in [0.5, 0.6) is 0 Å². The number of carbonyl (C=O) groups excluding carboxylic acids is 1. The summed E-state index contributed by atoms with van der Waals surface area (Å²) in [5.74, 6) is -1.55. The van der Waals surface area contributed by atoms with Crippen molar-refractivity contribution < 1.29 is 44.2 Å². The van der Waals surface area contributed by atoms with Crippen LogP contribution in [-0.2, 0) is 30.3 Å². The first-order valence-electron chi connectivity index (χ1n) is 17.0. The Balaban J connectivity index is 2.12. The number of aromatic nitrogens is 1. The number of carboxylic acid groups (broad SMARTS) is 1. The largest absolute Gasteiger partial charge is 0.481 e. The SMILES string of the molecule is CC[C@H](OC)[C@@H](C)C1OC1C(NCc1ccc(Cl)nc1)C(C)(O)/C=C/C=C(\C)CC(C)/C=C/[C@H](OC(C)=O)C(C)(O)CCC(O)CC(=O)O. The van der Waals surface area contributed by atoms with Crippen LogP contribution in [0, 0.1) is 11.8 Å². The van der Waals surface area contributed by atoms with E-state index in [1.54, 1.807) is 38.4 Å². The van der Waals surface area contributed by atoms with E-state index in [1.807, 2.05) is 38.1 Å². The molecule has 1 aliphatic rings. The van der Waals surface area contributed by atoms with E-state index in [2.05, 4.69) is 24.1 Å². The maximum Gasteiger partial charge on any atom is 0.305 e. The maximum atomic E-state index is 11.8. The van der Waals surface area contributed by atoms with Crippen LogP contribution in [0.3, 0.4) is 0 Å². The van der Waals surface area contributed by atoms with Crippen LogP contribution in [-0.4, -0.2) is 92.2 Å². The van der Waals surface area contributed by atoms with Gasteiger partial charge in [-0.3, -0.25) is 9.59 Å². The van der Waals surface area contributed by atoms with Gasteiger partial charge in [0, 0.05) is 32.7 Å². The van der Waals surface area contributed by atoms with Crippen LogP contribution in [0.2, 0.25) is 5.15 Å². The number of rotatable bonds is 22. The van der Waals surface area contributed by atoms with Crippen molar-refractivity contribution in [2.75, 3.05) is 7.11 Å². The molecule has 0 bridgehead atoms. The van der Waals surface area contributed by atoms with Gasteiger partial charge in [0.15, 0.2) is 0 Å². The van der Waals surface area contributed by atoms with E-state index in [0.29, 0.717) is 18.1 Å². The Labute approximate surface area is 296 Å². The third-order valence-corrected chi connectivity index (χ3v) is 9.24. The minimum absolute atomic E-state index is 0.00780. The number of nitrogens with one attached hydrogen (secondary N) is 1. The highest BCUT2D eigenvalue weighted by Crippen LogP contribution is 2.39. The van der Waals surface area contributed by atoms with E-state index in [0.717, 1.165) is 17.6 Å². The predicted octanol–water partition coefficient (Wildman–Crippen LogP) is 5.16. The molecule has 5 N–H and O–H groups in total. The Bertz CT molecular complexity index is 1280. The zero-order valence-electron chi connectivity index (χ0n) is 30.1. The van der Waals surface area contributed by atoms with Crippen molar-refractivity contribution in [3.63, 3.8) is 0 Å². The van der Waals surface area contributed by atoms with E-state index in [-0.39, 0.29) is 43.0 Å². The fourth-order valence-electron chi connectivity index (χ4n) is 6.09. The number of carbonyl (C=O) groups is 2. The first-order valence-corrected chi connectivity index (χ1v) is 17.3. The number of aliphatic hydroxyl groups is 3. The number of hydrogen-bond acceptors (Lipinski definition) is 10. The van der Waals surface area contributed by atoms with Gasteiger partial charge >= 0.3 is 11.9 Å². The Kier molecular flexibility index (Phi) is 17.1. The number of aliphatic hydroxyl groups excluding tert-OH is 1. The number of nitrogens with zero attached hydrogens (tertiary/aromatic N) is 1. The second-order valence-corrected chi connectivity index (χ2v) is 14.2. The minimum Gasteiger partial charge on any atom is -0.481 e. The van der Waals surface area contributed by atoms with Gasteiger partial charge in [-0.15, -0.1) is 0 Å². The van der Waals surface area contributed by atoms with Gasteiger partial charge in [-0.25, -0.2) is 4.98 Å². The molecule has 0 aromatic carbocycles. The number of allylic oxidation sites excluding steroid dienone is 4. The summed E-state index contributed by atoms with van der Waals surface area (Å²) >= 11 is 5.96. The average Bonchev–Trinajstić information content (AvgIpc) is 3.79. The highest BCUT2D eigenvalue weighted by Gasteiger charge is 2.54. The molecule has 0 amide bonds. The molecule has 1 fully saturated rings. The standard InChI is InChI=1S/C37H57ClN2O9/c1-9-29(47-8)25(4)33-34(49-33)35(40-22-27-13-15-31(38)39-21-27)37(7,46)17-10-11-23(2)19-24(3)12-14-30(48-26(5)41)36(6,45)18-16-28(42)20-32(43)44/h10-15,17,21,24-25,28-30,33-35,40,42,45-46H,9,16,18-20,22H2,1-8H3,(H,43,44)/b14-12+,17-10+,23-11+/t24?,25-,28?,29+,30+,33?,34?,35?,36?,37?/m1/s1. The number of carboxylic acids is 1. The van der Waals surface area contributed by atoms with Crippen LogP contribution in [0.4, 0.5) is 0 Å². The van der Waals surface area contributed by atoms with Crippen LogP contribution in [0.25, 0.3) is 0 Å². The molecule has 1 aromatic rings. The van der Waals surface area contributed by atoms with Crippen molar-refractivity contribution in [3.8, 4) is 0 Å². The molecule has 1 aromatic heterocycles. The highest BCUT2D eigenvalue weighted by molar-refractivity contribution is 6.29. The van der Waals surface area contributed by atoms with Crippen molar-refractivity contribution >= 4 is 23.5 Å². The summed E-state index contributed by atoms with van der Waals surface area (Å²) in [5.41, 5.74) is -0.822. The van der Waals surface area contributed by atoms with E-state index in [9.17, 15) is 24.9 Å². The molecule has 49 heavy (non-hydrogen) atoms. The minimum atomic E-state index is -1.52. The molecule has 11 nitrogen and oxygen atoms in total. The van der Waals surface area contributed by atoms with E-state index >= 15 is 0 Å². The second-order valence-electron chi connectivity index (χ2n) is 13.8. The second kappa shape index (κ2) is 19.7. The van der Waals surface area contributed by atoms with Gasteiger partial charge in [0.25, 0.3) is 0 Å². The molecule has 0 spiro atoms. The van der Waals surface area contributed by atoms with E-state index in [1.165, 1.54) is 13.8 Å². The van der Waals surface area contributed by atoms with Crippen LogP contribution in [0.1, 0.15) is 86.1 Å². The molecule has 1 saturated heterocycles. The summed E-state index contributed by atoms with van der Waals surface area (Å²) in [7, 11) is 1.71. The zero-order valence-corrected chi connectivity index (χ0v) is 30.9. The van der Waals surface area contributed by atoms with Gasteiger partial charge in [0.1, 0.15) is 23.0 Å². The lowest BCUT2D eigenvalue weighted by Gasteiger charge is -2.31. The summed E-state index contributed by atoms with van der Waals surface area (Å²) in [6, 6.07) is 3.20. The zero-order chi connectivity index (χ0) is 36.9. The first kappa shape index (κ1) is 42.5. The molecule has 0 radical (unpaired) electrons. The number of ether oxygens (including phenoxy) is 3. The van der Waals surface area contributed by atoms with Crippen molar-refractivity contribution in [3.05, 3.63) is 65.0 Å². The van der Waals surface area contributed by atoms with Gasteiger partial charge in [-0.05, 0) is 70.1 Å². The van der Waals surface area contributed by atoms with E-state index < -0.39 is 47.8 Å². The maximum absolute atomic E-state index is 11.8. The molecule has 10 atom stereocenters. The van der Waals surface area contributed by atoms with Gasteiger partial charge in [-0.1, -0.05) is 68.3 Å². The monoisotopic (exact) mass is 708 g/mol.